The van der Waals surface area contributed by atoms with Gasteiger partial charge in [0.15, 0.2) is 94.0 Å². The van der Waals surface area contributed by atoms with Crippen LogP contribution in [-0.4, -0.2) is 109 Å². The van der Waals surface area contributed by atoms with Crippen molar-refractivity contribution in [2.24, 2.45) is 0 Å². The smallest absolute Gasteiger partial charge is 0.331 e. The lowest BCUT2D eigenvalue weighted by molar-refractivity contribution is -0.140. The monoisotopic (exact) mass is 2220 g/mol. The Kier molecular flexibility index (Phi) is 46.7. The van der Waals surface area contributed by atoms with Crippen molar-refractivity contribution >= 4 is 170 Å². The van der Waals surface area contributed by atoms with E-state index in [1.165, 1.54) is 73.3 Å². The number of carbonyl (C=O) groups is 4. The Bertz CT molecular complexity index is 7000. The van der Waals surface area contributed by atoms with Gasteiger partial charge in [0.2, 0.25) is 0 Å². The number of aliphatic hydroxyl groups excluding tert-OH is 1. The molecular weight excluding hydrogens is 2150 g/mol. The number of hydrogen-bond acceptors (Lipinski definition) is 18. The van der Waals surface area contributed by atoms with E-state index in [1.54, 1.807) is 5.80 Å². The summed E-state index contributed by atoms with van der Waals surface area (Å²) < 4.78 is 338. The Labute approximate surface area is 848 Å². The van der Waals surface area contributed by atoms with Crippen molar-refractivity contribution in [1.82, 2.24) is 0 Å². The molecule has 1 aliphatic rings. The van der Waals surface area contributed by atoms with Crippen molar-refractivity contribution in [3.05, 3.63) is 425 Å². The van der Waals surface area contributed by atoms with E-state index in [0.717, 1.165) is 89.4 Å². The molecule has 16 nitrogen and oxygen atoms in total. The van der Waals surface area contributed by atoms with Gasteiger partial charge in [-0.15, -0.1) is 11.8 Å². The van der Waals surface area contributed by atoms with E-state index in [2.05, 4.69) is 58.5 Å². The molecule has 0 amide bonds. The van der Waals surface area contributed by atoms with Gasteiger partial charge in [-0.1, -0.05) is 155 Å². The number of thiol groups is 1. The van der Waals surface area contributed by atoms with Crippen LogP contribution in [-0.2, 0) is 69.2 Å². The molecular formula is C100H79Cl4F17O16PS6-. The molecule has 44 heteroatoms. The summed E-state index contributed by atoms with van der Waals surface area (Å²) in [7, 11) is -8.98. The first-order valence-corrected chi connectivity index (χ1v) is 52.0. The molecule has 0 aromatic heterocycles. The highest BCUT2D eigenvalue weighted by atomic mass is 35.5. The van der Waals surface area contributed by atoms with Gasteiger partial charge >= 0.3 is 17.9 Å². The minimum absolute atomic E-state index is 0.0587. The maximum absolute atomic E-state index is 14.1. The lowest BCUT2D eigenvalue weighted by atomic mass is 10.1. The lowest BCUT2D eigenvalue weighted by Crippen LogP contribution is -2.28. The number of carbonyl (C=O) groups excluding carboxylic acids is 4. The number of esters is 3. The predicted octanol–water partition coefficient (Wildman–Crippen LogP) is 24.3. The fraction of sp³-hybridized carbons (Fsp3) is 0.150. The Morgan fingerprint density at radius 3 is 1.17 bits per heavy atom. The van der Waals surface area contributed by atoms with Crippen LogP contribution in [0.4, 0.5) is 74.6 Å². The Morgan fingerprint density at radius 2 is 0.792 bits per heavy atom. The summed E-state index contributed by atoms with van der Waals surface area (Å²) in [4.78, 5) is 44.1. The number of aldehydes is 1. The van der Waals surface area contributed by atoms with Gasteiger partial charge in [-0.25, -0.2) is 109 Å². The summed E-state index contributed by atoms with van der Waals surface area (Å²) in [6.07, 6.45) is 0.342. The maximum atomic E-state index is 14.1. The zero-order valence-electron chi connectivity index (χ0n) is 74.8. The first kappa shape index (κ1) is 120. The largest absolute Gasteiger partial charge is 0.772 e. The number of rotatable bonds is 23. The first-order valence-electron chi connectivity index (χ1n) is 41.2. The van der Waals surface area contributed by atoms with Crippen LogP contribution in [0.5, 0.6) is 0 Å². The lowest BCUT2D eigenvalue weighted by Gasteiger charge is -2.28. The summed E-state index contributed by atoms with van der Waals surface area (Å²) in [6, 6.07) is 62.2. The molecule has 0 bridgehead atoms. The summed E-state index contributed by atoms with van der Waals surface area (Å²) in [5, 5.41) is 7.95. The van der Waals surface area contributed by atoms with Crippen molar-refractivity contribution in [2.45, 2.75) is 73.2 Å². The second-order valence-electron chi connectivity index (χ2n) is 29.4. The highest BCUT2D eigenvalue weighted by Crippen LogP contribution is 2.47. The van der Waals surface area contributed by atoms with Crippen LogP contribution in [0.2, 0.25) is 20.1 Å². The van der Waals surface area contributed by atoms with Crippen molar-refractivity contribution in [1.29, 1.82) is 0 Å². The van der Waals surface area contributed by atoms with Gasteiger partial charge in [-0.2, -0.15) is 12.6 Å². The first-order chi connectivity index (χ1) is 68.1. The summed E-state index contributed by atoms with van der Waals surface area (Å²) >= 11 is 25.0. The Balaban J connectivity index is 0.000000227. The number of sulfone groups is 3. The topological polar surface area (TPSA) is 259 Å². The van der Waals surface area contributed by atoms with Gasteiger partial charge in [0, 0.05) is 66.4 Å². The normalized spacial score (nSPS) is 12.9. The molecule has 5 atom stereocenters. The van der Waals surface area contributed by atoms with Crippen molar-refractivity contribution in [3.8, 4) is 0 Å². The molecule has 0 aliphatic carbocycles. The number of methoxy groups -OCH3 is 3. The third-order valence-electron chi connectivity index (χ3n) is 20.3. The second kappa shape index (κ2) is 56.3. The molecule has 1 heterocycles. The number of hydrogen-bond donors (Lipinski definition) is 2. The summed E-state index contributed by atoms with van der Waals surface area (Å²) in [6.45, 7) is -0.833. The summed E-state index contributed by atoms with van der Waals surface area (Å²) in [5.74, 6) is -20.6. The number of aryl methyl sites for hydroxylation is 1. The zero-order valence-corrected chi connectivity index (χ0v) is 83.7. The molecule has 14 rings (SSSR count). The molecule has 0 radical (unpaired) electrons. The highest BCUT2D eigenvalue weighted by Gasteiger charge is 2.40. The summed E-state index contributed by atoms with van der Waals surface area (Å²) in [5.41, 5.74) is -3.04. The number of fused-ring (bicyclic) bond motifs is 1. The molecule has 764 valence electrons. The predicted molar refractivity (Wildman–Crippen MR) is 522 cm³/mol. The Hall–Kier alpha value is -11.4. The van der Waals surface area contributed by atoms with Gasteiger partial charge in [0.1, 0.15) is 46.0 Å². The van der Waals surface area contributed by atoms with Crippen molar-refractivity contribution in [2.75, 3.05) is 39.4 Å². The standard InChI is InChI=1S/C21H19O2P.C16H12ClF3O4S.C15H12ClF3O3S.C15H11ClF2O2S2.C10H7F3O2.C9H9F3O2S2.C7H7Cl.C7H3F3O/c1-23-21(22)17-24(18-11-5-2-6-12-18,19-13-7-3-8-14-19)20-15-9-4-10-16-20;1-24-14(21)8-13(15-11(18)6-7-12(19)16(15)20)25(22,23)10-4-2-9(17)3-5-10;16-9-1-3-10(4-2-9)23(21,22)13(7-8-20)14-11(17)5-6-12(18)15(14)19;16-9-1-3-10(4-2-9)22(19,20)13-7-8-21-15-12(18)6-5-11(17)14(13)15;1-15-9(14)5-2-6-7(11)3-4-8(12)10(6)13;10-5-1-2-6(11)9(12)8(5)7(3-4-15)16(13)14;1-6-2-4-7(8)5-3-6;8-5-1-2-6(9)7(10)4(5)3-11/h2-17H,1H3;2-7,13H,8H2,1H3;1-6,13,20H,7-8H2;1-6,13H,7-8H2;2-5H,1H3;1-2,7,15H,3-4H2,(H,13,14);2-5H,1H3;1-3H/p-1/b;;;;5-2+;;;. The van der Waals surface area contributed by atoms with E-state index in [-0.39, 0.29) is 66.0 Å². The number of aliphatic hydroxyl groups is 1. The van der Waals surface area contributed by atoms with E-state index in [4.69, 9.17) is 56.2 Å². The van der Waals surface area contributed by atoms with Gasteiger partial charge < -0.3 is 23.9 Å². The van der Waals surface area contributed by atoms with E-state index >= 15 is 0 Å². The van der Waals surface area contributed by atoms with Crippen LogP contribution in [0.1, 0.15) is 90.4 Å². The minimum atomic E-state index is -4.44. The van der Waals surface area contributed by atoms with Gasteiger partial charge in [-0.3, -0.25) is 13.8 Å². The molecule has 144 heavy (non-hydrogen) atoms. The van der Waals surface area contributed by atoms with E-state index < -0.39 is 227 Å². The van der Waals surface area contributed by atoms with Crippen LogP contribution in [0, 0.1) is 106 Å². The average Bonchev–Trinajstić information content (AvgIpc) is 0.752. The SMILES string of the molecule is COC(=O)/C=C/c1c(F)ccc(F)c1F.COC(=O)C=P(c1ccccc1)(c1ccccc1)c1ccccc1.COC(=O)CC(c1c(F)ccc(F)c1F)S(=O)(=O)c1ccc(Cl)cc1.Cc1ccc(Cl)cc1.O=Cc1c(F)ccc(F)c1F.O=S(=O)(c1ccc(Cl)cc1)C(CCO)c1c(F)ccc(F)c1F.O=S(=O)(c1ccc(Cl)cc1)C1CCSc2c(F)ccc(F)c21.O=S([O-])C(CCS)c1c(F)ccc(F)c1F. The van der Waals surface area contributed by atoms with Crippen LogP contribution in [0.25, 0.3) is 6.08 Å². The quantitative estimate of drug-likeness (QED) is 0.00694. The maximum Gasteiger partial charge on any atom is 0.331 e. The van der Waals surface area contributed by atoms with E-state index in [9.17, 15) is 128 Å². The molecule has 1 aliphatic heterocycles. The van der Waals surface area contributed by atoms with Crippen molar-refractivity contribution < 1.29 is 147 Å². The number of ether oxygens (including phenoxy) is 3. The van der Waals surface area contributed by atoms with Crippen LogP contribution < -0.4 is 15.9 Å². The molecule has 0 spiro atoms. The van der Waals surface area contributed by atoms with E-state index in [0.29, 0.717) is 65.4 Å². The van der Waals surface area contributed by atoms with Crippen LogP contribution >= 0.6 is 77.7 Å². The zero-order chi connectivity index (χ0) is 107. The molecule has 0 fully saturated rings. The number of thioether (sulfide) groups is 1. The number of benzene rings is 13. The second-order valence-corrected chi connectivity index (χ2v) is 43.4. The fourth-order valence-electron chi connectivity index (χ4n) is 13.2. The number of halogens is 21. The van der Waals surface area contributed by atoms with Crippen molar-refractivity contribution in [3.63, 3.8) is 0 Å². The van der Waals surface area contributed by atoms with Gasteiger partial charge in [-0.05, 0) is 235 Å². The third kappa shape index (κ3) is 31.8. The van der Waals surface area contributed by atoms with E-state index in [1.807, 2.05) is 85.8 Å². The van der Waals surface area contributed by atoms with Gasteiger partial charge in [0.25, 0.3) is 0 Å². The molecule has 13 aromatic carbocycles. The van der Waals surface area contributed by atoms with Crippen LogP contribution in [0.3, 0.4) is 0 Å². The molecule has 0 saturated carbocycles. The molecule has 5 unspecified atom stereocenters. The van der Waals surface area contributed by atoms with Gasteiger partial charge in [0.05, 0.1) is 68.6 Å². The molecule has 1 N–H and O–H groups in total. The third-order valence-corrected chi connectivity index (χ3v) is 33.9. The molecule has 13 aromatic rings. The Morgan fingerprint density at radius 1 is 0.444 bits per heavy atom. The molecule has 0 saturated heterocycles. The minimum Gasteiger partial charge on any atom is -0.772 e. The fourth-order valence-corrected chi connectivity index (χ4v) is 25.2. The average molecular weight is 2220 g/mol. The highest BCUT2D eigenvalue weighted by molar-refractivity contribution is 7.99. The van der Waals surface area contributed by atoms with Crippen LogP contribution in [0.15, 0.2) is 287 Å².